The van der Waals surface area contributed by atoms with E-state index in [1.165, 1.54) is 0 Å². The third kappa shape index (κ3) is 4.39. The van der Waals surface area contributed by atoms with E-state index in [0.717, 1.165) is 17.1 Å². The quantitative estimate of drug-likeness (QED) is 0.795. The van der Waals surface area contributed by atoms with E-state index < -0.39 is 6.10 Å². The van der Waals surface area contributed by atoms with Crippen molar-refractivity contribution < 1.29 is 19.3 Å². The first kappa shape index (κ1) is 15.2. The standard InChI is InChI=1S/C17H20O4/c1-13(18)16-5-3-4-6-17(16)21-12-11-20-15-9-7-14(19-2)8-10-15/h3-10,13,18H,11-12H2,1-2H3. The van der Waals surface area contributed by atoms with Crippen LogP contribution in [-0.4, -0.2) is 25.4 Å². The van der Waals surface area contributed by atoms with Crippen LogP contribution in [0.1, 0.15) is 18.6 Å². The van der Waals surface area contributed by atoms with Crippen molar-refractivity contribution in [1.82, 2.24) is 0 Å². The van der Waals surface area contributed by atoms with E-state index >= 15 is 0 Å². The second kappa shape index (κ2) is 7.55. The molecular weight excluding hydrogens is 268 g/mol. The van der Waals surface area contributed by atoms with Crippen molar-refractivity contribution in [2.24, 2.45) is 0 Å². The first-order valence-corrected chi connectivity index (χ1v) is 6.87. The minimum Gasteiger partial charge on any atom is -0.497 e. The zero-order valence-corrected chi connectivity index (χ0v) is 12.3. The Morgan fingerprint density at radius 3 is 2.19 bits per heavy atom. The molecule has 2 aromatic carbocycles. The normalized spacial score (nSPS) is 11.8. The van der Waals surface area contributed by atoms with Crippen LogP contribution in [0.2, 0.25) is 0 Å². The Kier molecular flexibility index (Phi) is 5.46. The second-order valence-electron chi connectivity index (χ2n) is 4.59. The highest BCUT2D eigenvalue weighted by atomic mass is 16.5. The molecule has 0 aliphatic heterocycles. The average Bonchev–Trinajstić information content (AvgIpc) is 2.52. The van der Waals surface area contributed by atoms with Crippen molar-refractivity contribution >= 4 is 0 Å². The van der Waals surface area contributed by atoms with Crippen molar-refractivity contribution in [2.75, 3.05) is 20.3 Å². The van der Waals surface area contributed by atoms with Crippen molar-refractivity contribution in [3.05, 3.63) is 54.1 Å². The predicted octanol–water partition coefficient (Wildman–Crippen LogP) is 3.21. The fraction of sp³-hybridized carbons (Fsp3) is 0.294. The number of para-hydroxylation sites is 1. The topological polar surface area (TPSA) is 47.9 Å². The number of benzene rings is 2. The lowest BCUT2D eigenvalue weighted by Crippen LogP contribution is -2.10. The number of methoxy groups -OCH3 is 1. The molecule has 0 saturated heterocycles. The molecule has 0 heterocycles. The summed E-state index contributed by atoms with van der Waals surface area (Å²) < 4.78 is 16.3. The molecule has 4 nitrogen and oxygen atoms in total. The molecule has 0 amide bonds. The molecule has 1 unspecified atom stereocenters. The van der Waals surface area contributed by atoms with E-state index in [4.69, 9.17) is 14.2 Å². The van der Waals surface area contributed by atoms with Gasteiger partial charge in [-0.3, -0.25) is 0 Å². The third-order valence-electron chi connectivity index (χ3n) is 3.04. The number of ether oxygens (including phenoxy) is 3. The lowest BCUT2D eigenvalue weighted by molar-refractivity contribution is 0.182. The molecule has 0 saturated carbocycles. The summed E-state index contributed by atoms with van der Waals surface area (Å²) in [6.07, 6.45) is -0.552. The maximum atomic E-state index is 9.67. The summed E-state index contributed by atoms with van der Waals surface area (Å²) in [5.74, 6) is 2.25. The molecule has 0 bridgehead atoms. The van der Waals surface area contributed by atoms with Crippen LogP contribution in [-0.2, 0) is 0 Å². The summed E-state index contributed by atoms with van der Waals surface area (Å²) in [6.45, 7) is 2.56. The molecule has 0 aromatic heterocycles. The summed E-state index contributed by atoms with van der Waals surface area (Å²) in [6, 6.07) is 14.8. The van der Waals surface area contributed by atoms with Gasteiger partial charge in [0, 0.05) is 5.56 Å². The molecule has 0 fully saturated rings. The molecule has 0 spiro atoms. The molecular formula is C17H20O4. The molecule has 0 radical (unpaired) electrons. The smallest absolute Gasteiger partial charge is 0.125 e. The number of hydrogen-bond donors (Lipinski definition) is 1. The zero-order chi connectivity index (χ0) is 15.1. The average molecular weight is 288 g/mol. The highest BCUT2D eigenvalue weighted by Gasteiger charge is 2.07. The van der Waals surface area contributed by atoms with E-state index in [0.29, 0.717) is 19.0 Å². The zero-order valence-electron chi connectivity index (χ0n) is 12.3. The van der Waals surface area contributed by atoms with Crippen LogP contribution in [0, 0.1) is 0 Å². The van der Waals surface area contributed by atoms with Gasteiger partial charge in [0.2, 0.25) is 0 Å². The van der Waals surface area contributed by atoms with Gasteiger partial charge in [0.25, 0.3) is 0 Å². The maximum Gasteiger partial charge on any atom is 0.125 e. The van der Waals surface area contributed by atoms with E-state index in [9.17, 15) is 5.11 Å². The molecule has 2 rings (SSSR count). The Balaban J connectivity index is 1.82. The van der Waals surface area contributed by atoms with Crippen LogP contribution in [0.3, 0.4) is 0 Å². The fourth-order valence-corrected chi connectivity index (χ4v) is 1.94. The van der Waals surface area contributed by atoms with Gasteiger partial charge in [-0.1, -0.05) is 18.2 Å². The fourth-order valence-electron chi connectivity index (χ4n) is 1.94. The summed E-state index contributed by atoms with van der Waals surface area (Å²) in [7, 11) is 1.63. The SMILES string of the molecule is COc1ccc(OCCOc2ccccc2C(C)O)cc1. The monoisotopic (exact) mass is 288 g/mol. The lowest BCUT2D eigenvalue weighted by Gasteiger charge is -2.13. The van der Waals surface area contributed by atoms with Gasteiger partial charge in [0.15, 0.2) is 0 Å². The van der Waals surface area contributed by atoms with Crippen molar-refractivity contribution in [2.45, 2.75) is 13.0 Å². The van der Waals surface area contributed by atoms with Gasteiger partial charge >= 0.3 is 0 Å². The van der Waals surface area contributed by atoms with E-state index in [-0.39, 0.29) is 0 Å². The van der Waals surface area contributed by atoms with Crippen LogP contribution in [0.15, 0.2) is 48.5 Å². The molecule has 1 N–H and O–H groups in total. The Labute approximate surface area is 124 Å². The lowest BCUT2D eigenvalue weighted by atomic mass is 10.1. The van der Waals surface area contributed by atoms with Gasteiger partial charge in [-0.2, -0.15) is 0 Å². The highest BCUT2D eigenvalue weighted by molar-refractivity contribution is 5.34. The molecule has 1 atom stereocenters. The van der Waals surface area contributed by atoms with Crippen LogP contribution in [0.25, 0.3) is 0 Å². The van der Waals surface area contributed by atoms with Crippen LogP contribution < -0.4 is 14.2 Å². The Hall–Kier alpha value is -2.20. The number of aliphatic hydroxyl groups is 1. The Bertz CT molecular complexity index is 549. The number of aliphatic hydroxyl groups excluding tert-OH is 1. The van der Waals surface area contributed by atoms with E-state index in [2.05, 4.69) is 0 Å². The minimum absolute atomic E-state index is 0.412. The predicted molar refractivity (Wildman–Crippen MR) is 81.1 cm³/mol. The minimum atomic E-state index is -0.552. The van der Waals surface area contributed by atoms with Gasteiger partial charge < -0.3 is 19.3 Å². The van der Waals surface area contributed by atoms with Crippen molar-refractivity contribution in [1.29, 1.82) is 0 Å². The molecule has 0 aliphatic rings. The molecule has 0 aliphatic carbocycles. The van der Waals surface area contributed by atoms with Crippen LogP contribution in [0.4, 0.5) is 0 Å². The Morgan fingerprint density at radius 1 is 0.905 bits per heavy atom. The first-order valence-electron chi connectivity index (χ1n) is 6.87. The van der Waals surface area contributed by atoms with Gasteiger partial charge in [-0.05, 0) is 37.3 Å². The molecule has 2 aromatic rings. The largest absolute Gasteiger partial charge is 0.497 e. The van der Waals surface area contributed by atoms with Gasteiger partial charge in [-0.25, -0.2) is 0 Å². The molecule has 4 heteroatoms. The van der Waals surface area contributed by atoms with Gasteiger partial charge in [0.05, 0.1) is 13.2 Å². The van der Waals surface area contributed by atoms with Crippen molar-refractivity contribution in [3.8, 4) is 17.2 Å². The highest BCUT2D eigenvalue weighted by Crippen LogP contribution is 2.24. The van der Waals surface area contributed by atoms with E-state index in [1.54, 1.807) is 14.0 Å². The van der Waals surface area contributed by atoms with Crippen molar-refractivity contribution in [3.63, 3.8) is 0 Å². The van der Waals surface area contributed by atoms with Crippen LogP contribution in [0.5, 0.6) is 17.2 Å². The summed E-state index contributed by atoms with van der Waals surface area (Å²) in [4.78, 5) is 0. The third-order valence-corrected chi connectivity index (χ3v) is 3.04. The van der Waals surface area contributed by atoms with Gasteiger partial charge in [-0.15, -0.1) is 0 Å². The second-order valence-corrected chi connectivity index (χ2v) is 4.59. The summed E-state index contributed by atoms with van der Waals surface area (Å²) in [5.41, 5.74) is 0.780. The molecule has 21 heavy (non-hydrogen) atoms. The first-order chi connectivity index (χ1) is 10.2. The number of hydrogen-bond acceptors (Lipinski definition) is 4. The van der Waals surface area contributed by atoms with E-state index in [1.807, 2.05) is 48.5 Å². The van der Waals surface area contributed by atoms with Crippen LogP contribution >= 0.6 is 0 Å². The maximum absolute atomic E-state index is 9.67. The molecule has 112 valence electrons. The summed E-state index contributed by atoms with van der Waals surface area (Å²) in [5, 5.41) is 9.67. The number of rotatable bonds is 7. The van der Waals surface area contributed by atoms with Gasteiger partial charge in [0.1, 0.15) is 30.5 Å². The Morgan fingerprint density at radius 2 is 1.52 bits per heavy atom. The summed E-state index contributed by atoms with van der Waals surface area (Å²) >= 11 is 0.